The number of hydrogen-bond acceptors (Lipinski definition) is 3. The molecule has 24 heavy (non-hydrogen) atoms. The third kappa shape index (κ3) is 4.32. The van der Waals surface area contributed by atoms with Gasteiger partial charge in [0, 0.05) is 23.9 Å². The molecule has 1 aliphatic rings. The Bertz CT molecular complexity index is 731. The highest BCUT2D eigenvalue weighted by molar-refractivity contribution is 5.94. The Kier molecular flexibility index (Phi) is 5.43. The van der Waals surface area contributed by atoms with E-state index in [1.165, 1.54) is 32.0 Å². The highest BCUT2D eigenvalue weighted by atomic mass is 16.1. The number of benzene rings is 1. The molecule has 0 aliphatic carbocycles. The van der Waals surface area contributed by atoms with Crippen LogP contribution in [0.15, 0.2) is 47.3 Å². The number of amides is 1. The molecule has 0 atom stereocenters. The lowest BCUT2D eigenvalue weighted by Crippen LogP contribution is -2.28. The van der Waals surface area contributed by atoms with Crippen molar-refractivity contribution < 1.29 is 4.79 Å². The van der Waals surface area contributed by atoms with Gasteiger partial charge in [0.25, 0.3) is 5.91 Å². The maximum atomic E-state index is 12.2. The monoisotopic (exact) mass is 325 g/mol. The van der Waals surface area contributed by atoms with Gasteiger partial charge in [-0.1, -0.05) is 18.2 Å². The Morgan fingerprint density at radius 2 is 1.83 bits per heavy atom. The highest BCUT2D eigenvalue weighted by Crippen LogP contribution is 2.16. The lowest BCUT2D eigenvalue weighted by Gasteiger charge is -2.14. The molecule has 0 saturated carbocycles. The Balaban J connectivity index is 1.51. The summed E-state index contributed by atoms with van der Waals surface area (Å²) in [5.74, 6) is -0.0514. The summed E-state index contributed by atoms with van der Waals surface area (Å²) < 4.78 is 0. The summed E-state index contributed by atoms with van der Waals surface area (Å²) >= 11 is 0. The van der Waals surface area contributed by atoms with Crippen LogP contribution in [-0.4, -0.2) is 42.0 Å². The van der Waals surface area contributed by atoms with Gasteiger partial charge in [-0.05, 0) is 62.7 Å². The molecule has 5 nitrogen and oxygen atoms in total. The summed E-state index contributed by atoms with van der Waals surface area (Å²) in [5, 5.41) is 2.97. The van der Waals surface area contributed by atoms with Crippen LogP contribution in [0.3, 0.4) is 0 Å². The van der Waals surface area contributed by atoms with Crippen molar-refractivity contribution in [2.45, 2.75) is 19.3 Å². The molecule has 2 aromatic rings. The first-order valence-electron chi connectivity index (χ1n) is 8.53. The van der Waals surface area contributed by atoms with Crippen LogP contribution in [0.5, 0.6) is 0 Å². The zero-order chi connectivity index (χ0) is 16.8. The van der Waals surface area contributed by atoms with Crippen molar-refractivity contribution in [3.8, 4) is 11.3 Å². The number of carbonyl (C=O) groups excluding carboxylic acids is 1. The molecule has 1 aliphatic heterocycles. The van der Waals surface area contributed by atoms with Gasteiger partial charge in [-0.25, -0.2) is 0 Å². The number of pyridine rings is 1. The van der Waals surface area contributed by atoms with Crippen molar-refractivity contribution in [2.24, 2.45) is 0 Å². The number of carbonyl (C=O) groups is 1. The van der Waals surface area contributed by atoms with Gasteiger partial charge < -0.3 is 15.2 Å². The minimum Gasteiger partial charge on any atom is -0.352 e. The van der Waals surface area contributed by atoms with E-state index in [2.05, 4.69) is 15.2 Å². The fourth-order valence-electron chi connectivity index (χ4n) is 3.03. The van der Waals surface area contributed by atoms with E-state index in [0.29, 0.717) is 12.1 Å². The molecule has 1 aromatic carbocycles. The molecule has 1 saturated heterocycles. The second-order valence-corrected chi connectivity index (χ2v) is 6.16. The third-order valence-electron chi connectivity index (χ3n) is 4.36. The van der Waals surface area contributed by atoms with Gasteiger partial charge in [0.2, 0.25) is 5.56 Å². The Morgan fingerprint density at radius 1 is 1.08 bits per heavy atom. The molecule has 2 heterocycles. The predicted molar refractivity (Wildman–Crippen MR) is 95.1 cm³/mol. The molecular formula is C19H23N3O2. The predicted octanol–water partition coefficient (Wildman–Crippen LogP) is 2.26. The maximum Gasteiger partial charge on any atom is 0.251 e. The van der Waals surface area contributed by atoms with Crippen molar-refractivity contribution >= 4 is 5.91 Å². The molecular weight excluding hydrogens is 302 g/mol. The van der Waals surface area contributed by atoms with Crippen LogP contribution in [0.2, 0.25) is 0 Å². The Morgan fingerprint density at radius 3 is 2.54 bits per heavy atom. The standard InChI is InChI=1S/C19H23N3O2/c23-18-6-3-5-17(21-18)15-7-9-16(10-8-15)19(24)20-11-4-14-22-12-1-2-13-22/h3,5-10H,1-2,4,11-14H2,(H,20,24)(H,21,23). The smallest absolute Gasteiger partial charge is 0.251 e. The molecule has 126 valence electrons. The molecule has 0 radical (unpaired) electrons. The first-order valence-corrected chi connectivity index (χ1v) is 8.53. The first-order chi connectivity index (χ1) is 11.7. The fraction of sp³-hybridized carbons (Fsp3) is 0.368. The first kappa shape index (κ1) is 16.5. The largest absolute Gasteiger partial charge is 0.352 e. The minimum absolute atomic E-state index is 0.0514. The summed E-state index contributed by atoms with van der Waals surface area (Å²) in [6.07, 6.45) is 3.58. The van der Waals surface area contributed by atoms with E-state index in [-0.39, 0.29) is 11.5 Å². The van der Waals surface area contributed by atoms with E-state index in [9.17, 15) is 9.59 Å². The SMILES string of the molecule is O=C(NCCCN1CCCC1)c1ccc(-c2cccc(=O)[nH]2)cc1. The van der Waals surface area contributed by atoms with E-state index in [0.717, 1.165) is 24.2 Å². The van der Waals surface area contributed by atoms with E-state index >= 15 is 0 Å². The number of rotatable bonds is 6. The van der Waals surface area contributed by atoms with Gasteiger partial charge in [-0.15, -0.1) is 0 Å². The normalized spacial score (nSPS) is 14.7. The number of nitrogens with zero attached hydrogens (tertiary/aromatic N) is 1. The third-order valence-corrected chi connectivity index (χ3v) is 4.36. The highest BCUT2D eigenvalue weighted by Gasteiger charge is 2.11. The van der Waals surface area contributed by atoms with E-state index in [1.807, 2.05) is 18.2 Å². The van der Waals surface area contributed by atoms with Gasteiger partial charge in [-0.2, -0.15) is 0 Å². The molecule has 3 rings (SSSR count). The van der Waals surface area contributed by atoms with Gasteiger partial charge in [0.1, 0.15) is 0 Å². The van der Waals surface area contributed by atoms with Crippen LogP contribution in [0, 0.1) is 0 Å². The molecule has 5 heteroatoms. The lowest BCUT2D eigenvalue weighted by atomic mass is 10.1. The Labute approximate surface area is 141 Å². The molecule has 2 N–H and O–H groups in total. The zero-order valence-electron chi connectivity index (χ0n) is 13.8. The van der Waals surface area contributed by atoms with Crippen LogP contribution in [0.25, 0.3) is 11.3 Å². The lowest BCUT2D eigenvalue weighted by molar-refractivity contribution is 0.0952. The second kappa shape index (κ2) is 7.93. The topological polar surface area (TPSA) is 65.2 Å². The van der Waals surface area contributed by atoms with Crippen molar-refractivity contribution in [1.82, 2.24) is 15.2 Å². The second-order valence-electron chi connectivity index (χ2n) is 6.16. The quantitative estimate of drug-likeness (QED) is 0.801. The summed E-state index contributed by atoms with van der Waals surface area (Å²) in [5.41, 5.74) is 2.14. The minimum atomic E-state index is -0.132. The molecule has 0 spiro atoms. The van der Waals surface area contributed by atoms with Gasteiger partial charge in [-0.3, -0.25) is 9.59 Å². The number of H-pyrrole nitrogens is 1. The summed E-state index contributed by atoms with van der Waals surface area (Å²) in [4.78, 5) is 28.7. The number of hydrogen-bond donors (Lipinski definition) is 2. The van der Waals surface area contributed by atoms with Crippen molar-refractivity contribution in [2.75, 3.05) is 26.2 Å². The number of likely N-dealkylation sites (tertiary alicyclic amines) is 1. The molecule has 1 fully saturated rings. The summed E-state index contributed by atoms with van der Waals surface area (Å²) in [6, 6.07) is 12.3. The van der Waals surface area contributed by atoms with Gasteiger partial charge in [0.15, 0.2) is 0 Å². The van der Waals surface area contributed by atoms with Crippen LogP contribution < -0.4 is 10.9 Å². The van der Waals surface area contributed by atoms with E-state index in [1.54, 1.807) is 18.2 Å². The Hall–Kier alpha value is -2.40. The van der Waals surface area contributed by atoms with Crippen LogP contribution in [0.4, 0.5) is 0 Å². The molecule has 0 bridgehead atoms. The van der Waals surface area contributed by atoms with Crippen molar-refractivity contribution in [1.29, 1.82) is 0 Å². The summed E-state index contributed by atoms with van der Waals surface area (Å²) in [6.45, 7) is 4.14. The molecule has 1 amide bonds. The number of aromatic nitrogens is 1. The van der Waals surface area contributed by atoms with E-state index < -0.39 is 0 Å². The summed E-state index contributed by atoms with van der Waals surface area (Å²) in [7, 11) is 0. The van der Waals surface area contributed by atoms with Crippen molar-refractivity contribution in [3.63, 3.8) is 0 Å². The average molecular weight is 325 g/mol. The van der Waals surface area contributed by atoms with Gasteiger partial charge >= 0.3 is 0 Å². The van der Waals surface area contributed by atoms with Crippen molar-refractivity contribution in [3.05, 3.63) is 58.4 Å². The fourth-order valence-corrected chi connectivity index (χ4v) is 3.03. The van der Waals surface area contributed by atoms with Crippen LogP contribution in [-0.2, 0) is 0 Å². The molecule has 1 aromatic heterocycles. The number of aromatic amines is 1. The zero-order valence-corrected chi connectivity index (χ0v) is 13.8. The van der Waals surface area contributed by atoms with E-state index in [4.69, 9.17) is 0 Å². The van der Waals surface area contributed by atoms with Gasteiger partial charge in [0.05, 0.1) is 0 Å². The van der Waals surface area contributed by atoms with Crippen LogP contribution >= 0.6 is 0 Å². The van der Waals surface area contributed by atoms with Crippen LogP contribution in [0.1, 0.15) is 29.6 Å². The number of nitrogens with one attached hydrogen (secondary N) is 2. The molecule has 0 unspecified atom stereocenters. The average Bonchev–Trinajstić information content (AvgIpc) is 3.12. The maximum absolute atomic E-state index is 12.2.